The topological polar surface area (TPSA) is 72.8 Å². The van der Waals surface area contributed by atoms with Gasteiger partial charge in [0.2, 0.25) is 0 Å². The van der Waals surface area contributed by atoms with Gasteiger partial charge in [0.05, 0.1) is 5.39 Å². The van der Waals surface area contributed by atoms with E-state index in [0.717, 1.165) is 5.56 Å². The molecular weight excluding hydrogens is 260 g/mol. The summed E-state index contributed by atoms with van der Waals surface area (Å²) in [4.78, 5) is 22.3. The molecule has 0 saturated heterocycles. The van der Waals surface area contributed by atoms with E-state index in [1.54, 1.807) is 12.1 Å². The summed E-state index contributed by atoms with van der Waals surface area (Å²) in [5.74, 6) is -0.463. The summed E-state index contributed by atoms with van der Waals surface area (Å²) < 4.78 is 10.2. The molecular formula is C15H14O5. The predicted molar refractivity (Wildman–Crippen MR) is 73.0 cm³/mol. The van der Waals surface area contributed by atoms with Crippen molar-refractivity contribution >= 4 is 22.7 Å². The van der Waals surface area contributed by atoms with Gasteiger partial charge in [-0.1, -0.05) is 0 Å². The average molecular weight is 274 g/mol. The van der Waals surface area contributed by atoms with Crippen LogP contribution in [0.2, 0.25) is 0 Å². The summed E-state index contributed by atoms with van der Waals surface area (Å²) >= 11 is 0. The van der Waals surface area contributed by atoms with Gasteiger partial charge in [0.25, 0.3) is 0 Å². The summed E-state index contributed by atoms with van der Waals surface area (Å²) in [6.45, 7) is 4.39. The van der Waals surface area contributed by atoms with Crippen molar-refractivity contribution in [1.82, 2.24) is 0 Å². The van der Waals surface area contributed by atoms with Crippen LogP contribution in [0.1, 0.15) is 19.4 Å². The Bertz CT molecular complexity index is 703. The highest BCUT2D eigenvalue weighted by Crippen LogP contribution is 2.39. The molecule has 0 heterocycles. The summed E-state index contributed by atoms with van der Waals surface area (Å²) in [7, 11) is 0. The van der Waals surface area contributed by atoms with Crippen molar-refractivity contribution in [1.29, 1.82) is 0 Å². The van der Waals surface area contributed by atoms with Gasteiger partial charge in [0, 0.05) is 19.2 Å². The number of ether oxygens (including phenoxy) is 2. The molecule has 0 fully saturated rings. The van der Waals surface area contributed by atoms with E-state index in [1.807, 2.05) is 6.92 Å². The number of benzene rings is 2. The van der Waals surface area contributed by atoms with Crippen molar-refractivity contribution in [3.63, 3.8) is 0 Å². The Balaban J connectivity index is 2.75. The standard InChI is InChI=1S/C15H14O5/c1-8-6-11-13(19-9(2)16)5-4-12(18)15(11)14(7-8)20-10(3)17/h4-7,18H,1-3H3. The summed E-state index contributed by atoms with van der Waals surface area (Å²) in [5, 5.41) is 10.8. The highest BCUT2D eigenvalue weighted by Gasteiger charge is 2.15. The minimum atomic E-state index is -0.491. The number of carbonyl (C=O) groups excluding carboxylic acids is 2. The first-order chi connectivity index (χ1) is 9.38. The van der Waals surface area contributed by atoms with Gasteiger partial charge in [-0.2, -0.15) is 0 Å². The van der Waals surface area contributed by atoms with E-state index in [1.165, 1.54) is 26.0 Å². The second-order valence-electron chi connectivity index (χ2n) is 4.46. The Hall–Kier alpha value is -2.56. The van der Waals surface area contributed by atoms with Gasteiger partial charge in [-0.05, 0) is 36.8 Å². The molecule has 20 heavy (non-hydrogen) atoms. The van der Waals surface area contributed by atoms with Crippen LogP contribution in [0.4, 0.5) is 0 Å². The second kappa shape index (κ2) is 5.21. The molecule has 0 amide bonds. The first kappa shape index (κ1) is 13.9. The van der Waals surface area contributed by atoms with Gasteiger partial charge in [-0.25, -0.2) is 0 Å². The van der Waals surface area contributed by atoms with Gasteiger partial charge in [0.15, 0.2) is 0 Å². The largest absolute Gasteiger partial charge is 0.507 e. The van der Waals surface area contributed by atoms with Gasteiger partial charge >= 0.3 is 11.9 Å². The third-order valence-corrected chi connectivity index (χ3v) is 2.67. The molecule has 2 aromatic rings. The fourth-order valence-electron chi connectivity index (χ4n) is 2.02. The van der Waals surface area contributed by atoms with Gasteiger partial charge < -0.3 is 14.6 Å². The van der Waals surface area contributed by atoms with Crippen LogP contribution in [-0.4, -0.2) is 17.0 Å². The lowest BCUT2D eigenvalue weighted by molar-refractivity contribution is -0.132. The molecule has 0 aliphatic carbocycles. The van der Waals surface area contributed by atoms with E-state index in [2.05, 4.69) is 0 Å². The first-order valence-corrected chi connectivity index (χ1v) is 6.01. The molecule has 0 unspecified atom stereocenters. The van der Waals surface area contributed by atoms with Crippen molar-refractivity contribution in [2.45, 2.75) is 20.8 Å². The lowest BCUT2D eigenvalue weighted by Gasteiger charge is -2.12. The number of phenols is 1. The monoisotopic (exact) mass is 274 g/mol. The Labute approximate surface area is 115 Å². The zero-order chi connectivity index (χ0) is 14.9. The number of fused-ring (bicyclic) bond motifs is 1. The highest BCUT2D eigenvalue weighted by molar-refractivity contribution is 6.00. The Morgan fingerprint density at radius 2 is 1.60 bits per heavy atom. The molecule has 2 aromatic carbocycles. The van der Waals surface area contributed by atoms with Crippen LogP contribution < -0.4 is 9.47 Å². The number of rotatable bonds is 2. The number of esters is 2. The molecule has 104 valence electrons. The SMILES string of the molecule is CC(=O)Oc1ccc(O)c2c(OC(C)=O)cc(C)cc12. The maximum Gasteiger partial charge on any atom is 0.308 e. The first-order valence-electron chi connectivity index (χ1n) is 6.01. The highest BCUT2D eigenvalue weighted by atomic mass is 16.5. The third-order valence-electron chi connectivity index (χ3n) is 2.67. The van der Waals surface area contributed by atoms with Crippen LogP contribution in [0.25, 0.3) is 10.8 Å². The van der Waals surface area contributed by atoms with E-state index in [4.69, 9.17) is 9.47 Å². The molecule has 0 aliphatic rings. The van der Waals surface area contributed by atoms with Crippen molar-refractivity contribution in [3.8, 4) is 17.2 Å². The van der Waals surface area contributed by atoms with Crippen LogP contribution in [0, 0.1) is 6.92 Å². The quantitative estimate of drug-likeness (QED) is 0.673. The number of hydrogen-bond acceptors (Lipinski definition) is 5. The molecule has 0 bridgehead atoms. The molecule has 0 aliphatic heterocycles. The summed E-state index contributed by atoms with van der Waals surface area (Å²) in [6.07, 6.45) is 0. The zero-order valence-corrected chi connectivity index (χ0v) is 11.4. The molecule has 5 nitrogen and oxygen atoms in total. The maximum atomic E-state index is 11.2. The van der Waals surface area contributed by atoms with Crippen molar-refractivity contribution in [3.05, 3.63) is 29.8 Å². The third kappa shape index (κ3) is 2.71. The number of aromatic hydroxyl groups is 1. The van der Waals surface area contributed by atoms with Crippen molar-refractivity contribution < 1.29 is 24.2 Å². The van der Waals surface area contributed by atoms with Gasteiger partial charge in [-0.15, -0.1) is 0 Å². The molecule has 0 radical (unpaired) electrons. The number of hydrogen-bond donors (Lipinski definition) is 1. The number of aryl methyl sites for hydroxylation is 1. The second-order valence-corrected chi connectivity index (χ2v) is 4.46. The molecule has 0 aromatic heterocycles. The van der Waals surface area contributed by atoms with Gasteiger partial charge in [0.1, 0.15) is 17.2 Å². The van der Waals surface area contributed by atoms with E-state index in [0.29, 0.717) is 16.5 Å². The van der Waals surface area contributed by atoms with Crippen LogP contribution in [-0.2, 0) is 9.59 Å². The fraction of sp³-hybridized carbons (Fsp3) is 0.200. The molecule has 0 atom stereocenters. The minimum absolute atomic E-state index is 0.0489. The minimum Gasteiger partial charge on any atom is -0.507 e. The molecule has 2 rings (SSSR count). The number of carbonyl (C=O) groups is 2. The van der Waals surface area contributed by atoms with Crippen LogP contribution in [0.15, 0.2) is 24.3 Å². The normalized spacial score (nSPS) is 10.3. The molecule has 0 spiro atoms. The molecule has 0 saturated carbocycles. The smallest absolute Gasteiger partial charge is 0.308 e. The van der Waals surface area contributed by atoms with Crippen LogP contribution in [0.5, 0.6) is 17.2 Å². The van der Waals surface area contributed by atoms with E-state index >= 15 is 0 Å². The Kier molecular flexibility index (Phi) is 3.61. The van der Waals surface area contributed by atoms with E-state index in [-0.39, 0.29) is 11.5 Å². The lowest BCUT2D eigenvalue weighted by atomic mass is 10.0. The zero-order valence-electron chi connectivity index (χ0n) is 11.4. The maximum absolute atomic E-state index is 11.2. The van der Waals surface area contributed by atoms with Crippen molar-refractivity contribution in [2.24, 2.45) is 0 Å². The average Bonchev–Trinajstić information content (AvgIpc) is 2.31. The number of phenolic OH excluding ortho intramolecular Hbond substituents is 1. The van der Waals surface area contributed by atoms with Crippen LogP contribution in [0.3, 0.4) is 0 Å². The summed E-state index contributed by atoms with van der Waals surface area (Å²) in [5.41, 5.74) is 0.813. The Morgan fingerprint density at radius 1 is 1.00 bits per heavy atom. The van der Waals surface area contributed by atoms with E-state index < -0.39 is 11.9 Å². The Morgan fingerprint density at radius 3 is 2.20 bits per heavy atom. The predicted octanol–water partition coefficient (Wildman–Crippen LogP) is 2.70. The van der Waals surface area contributed by atoms with Crippen LogP contribution >= 0.6 is 0 Å². The molecule has 1 N–H and O–H groups in total. The fourth-order valence-corrected chi connectivity index (χ4v) is 2.02. The lowest BCUT2D eigenvalue weighted by Crippen LogP contribution is -2.04. The molecule has 5 heteroatoms. The summed E-state index contributed by atoms with van der Waals surface area (Å²) in [6, 6.07) is 6.28. The van der Waals surface area contributed by atoms with Crippen molar-refractivity contribution in [2.75, 3.05) is 0 Å². The van der Waals surface area contributed by atoms with Gasteiger partial charge in [-0.3, -0.25) is 9.59 Å². The van der Waals surface area contributed by atoms with E-state index in [9.17, 15) is 14.7 Å².